The first-order chi connectivity index (χ1) is 9.70. The fourth-order valence-electron chi connectivity index (χ4n) is 1.77. The number of halogens is 2. The van der Waals surface area contributed by atoms with Crippen molar-refractivity contribution in [2.45, 2.75) is 6.42 Å². The lowest BCUT2D eigenvalue weighted by Gasteiger charge is -2.02. The molecule has 0 saturated carbocycles. The van der Waals surface area contributed by atoms with Crippen LogP contribution < -0.4 is 10.6 Å². The van der Waals surface area contributed by atoms with E-state index >= 15 is 0 Å². The molecule has 2 aromatic rings. The molecule has 3 N–H and O–H groups in total. The Morgan fingerprint density at radius 3 is 2.67 bits per heavy atom. The largest absolute Gasteiger partial charge is 0.351 e. The summed E-state index contributed by atoms with van der Waals surface area (Å²) < 4.78 is 0. The van der Waals surface area contributed by atoms with Gasteiger partial charge in [0.25, 0.3) is 5.91 Å². The van der Waals surface area contributed by atoms with Crippen molar-refractivity contribution in [1.29, 1.82) is 0 Å². The van der Waals surface area contributed by atoms with Crippen molar-refractivity contribution in [2.75, 3.05) is 20.1 Å². The molecule has 2 rings (SSSR count). The topological polar surface area (TPSA) is 69.8 Å². The standard InChI is InChI=1S/C14H17ClN4O.ClH/c1-16-7-2-8-17-14(20)13-9-12(18-19-13)10-3-5-11(15)6-4-10;/h3-6,9,16H,2,7-8H2,1H3,(H,17,20)(H,18,19);1H. The Bertz CT molecular complexity index is 569. The highest BCUT2D eigenvalue weighted by Crippen LogP contribution is 2.20. The molecule has 0 radical (unpaired) electrons. The van der Waals surface area contributed by atoms with Gasteiger partial charge in [-0.3, -0.25) is 9.89 Å². The van der Waals surface area contributed by atoms with Gasteiger partial charge in [-0.25, -0.2) is 0 Å². The summed E-state index contributed by atoms with van der Waals surface area (Å²) >= 11 is 5.84. The van der Waals surface area contributed by atoms with Gasteiger partial charge < -0.3 is 10.6 Å². The molecule has 0 aliphatic rings. The predicted molar refractivity (Wildman–Crippen MR) is 87.2 cm³/mol. The average Bonchev–Trinajstić information content (AvgIpc) is 2.94. The minimum absolute atomic E-state index is 0. The molecule has 1 heterocycles. The third-order valence-electron chi connectivity index (χ3n) is 2.85. The molecular weight excluding hydrogens is 311 g/mol. The number of carbonyl (C=O) groups excluding carboxylic acids is 1. The number of benzene rings is 1. The van der Waals surface area contributed by atoms with Crippen LogP contribution in [0.25, 0.3) is 11.3 Å². The normalized spacial score (nSPS) is 10.0. The number of nitrogens with one attached hydrogen (secondary N) is 3. The number of rotatable bonds is 6. The zero-order valence-corrected chi connectivity index (χ0v) is 13.2. The summed E-state index contributed by atoms with van der Waals surface area (Å²) in [4.78, 5) is 11.9. The van der Waals surface area contributed by atoms with Gasteiger partial charge in [-0.05, 0) is 38.2 Å². The number of hydrogen-bond acceptors (Lipinski definition) is 3. The van der Waals surface area contributed by atoms with E-state index in [9.17, 15) is 4.79 Å². The van der Waals surface area contributed by atoms with Gasteiger partial charge in [-0.1, -0.05) is 23.7 Å². The van der Waals surface area contributed by atoms with E-state index in [0.29, 0.717) is 17.3 Å². The average molecular weight is 329 g/mol. The van der Waals surface area contributed by atoms with Gasteiger partial charge in [0.05, 0.1) is 5.69 Å². The van der Waals surface area contributed by atoms with Crippen LogP contribution in [0.3, 0.4) is 0 Å². The van der Waals surface area contributed by atoms with Crippen LogP contribution in [0, 0.1) is 0 Å². The smallest absolute Gasteiger partial charge is 0.269 e. The Hall–Kier alpha value is -1.56. The van der Waals surface area contributed by atoms with Crippen molar-refractivity contribution in [3.8, 4) is 11.3 Å². The SMILES string of the molecule is CNCCCNC(=O)c1cc(-c2ccc(Cl)cc2)n[nH]1.Cl. The number of H-pyrrole nitrogens is 1. The van der Waals surface area contributed by atoms with Crippen LogP contribution in [-0.4, -0.2) is 36.2 Å². The summed E-state index contributed by atoms with van der Waals surface area (Å²) in [6.07, 6.45) is 0.889. The number of hydrogen-bond donors (Lipinski definition) is 3. The molecule has 0 unspecified atom stereocenters. The summed E-state index contributed by atoms with van der Waals surface area (Å²) in [6, 6.07) is 9.06. The molecule has 1 aromatic heterocycles. The van der Waals surface area contributed by atoms with E-state index in [1.54, 1.807) is 18.2 Å². The first kappa shape index (κ1) is 17.5. The third-order valence-corrected chi connectivity index (χ3v) is 3.10. The molecule has 0 saturated heterocycles. The Balaban J connectivity index is 0.00000220. The van der Waals surface area contributed by atoms with Gasteiger partial charge in [-0.15, -0.1) is 12.4 Å². The van der Waals surface area contributed by atoms with Crippen molar-refractivity contribution in [3.63, 3.8) is 0 Å². The van der Waals surface area contributed by atoms with Crippen molar-refractivity contribution < 1.29 is 4.79 Å². The summed E-state index contributed by atoms with van der Waals surface area (Å²) in [5, 5.41) is 13.4. The molecule has 0 atom stereocenters. The fraction of sp³-hybridized carbons (Fsp3) is 0.286. The number of aromatic amines is 1. The maximum Gasteiger partial charge on any atom is 0.269 e. The monoisotopic (exact) mass is 328 g/mol. The van der Waals surface area contributed by atoms with Crippen LogP contribution in [0.5, 0.6) is 0 Å². The van der Waals surface area contributed by atoms with Crippen molar-refractivity contribution in [2.24, 2.45) is 0 Å². The molecule has 114 valence electrons. The predicted octanol–water partition coefficient (Wildman–Crippen LogP) is 2.49. The fourth-order valence-corrected chi connectivity index (χ4v) is 1.89. The molecule has 21 heavy (non-hydrogen) atoms. The van der Waals surface area contributed by atoms with Crippen molar-refractivity contribution in [1.82, 2.24) is 20.8 Å². The lowest BCUT2D eigenvalue weighted by atomic mass is 10.1. The second-order valence-corrected chi connectivity index (χ2v) is 4.82. The maximum atomic E-state index is 11.9. The van der Waals surface area contributed by atoms with Gasteiger partial charge in [0.2, 0.25) is 0 Å². The van der Waals surface area contributed by atoms with Gasteiger partial charge >= 0.3 is 0 Å². The van der Waals surface area contributed by atoms with Crippen LogP contribution >= 0.6 is 24.0 Å². The lowest BCUT2D eigenvalue weighted by Crippen LogP contribution is -2.26. The van der Waals surface area contributed by atoms with E-state index in [-0.39, 0.29) is 18.3 Å². The Morgan fingerprint density at radius 1 is 1.29 bits per heavy atom. The van der Waals surface area contributed by atoms with E-state index < -0.39 is 0 Å². The number of aromatic nitrogens is 2. The Morgan fingerprint density at radius 2 is 2.00 bits per heavy atom. The zero-order chi connectivity index (χ0) is 14.4. The highest BCUT2D eigenvalue weighted by molar-refractivity contribution is 6.30. The van der Waals surface area contributed by atoms with Gasteiger partial charge in [-0.2, -0.15) is 5.10 Å². The molecule has 0 spiro atoms. The zero-order valence-electron chi connectivity index (χ0n) is 11.6. The van der Waals surface area contributed by atoms with E-state index in [0.717, 1.165) is 24.2 Å². The van der Waals surface area contributed by atoms with Crippen LogP contribution in [-0.2, 0) is 0 Å². The van der Waals surface area contributed by atoms with Crippen LogP contribution in [0.4, 0.5) is 0 Å². The van der Waals surface area contributed by atoms with Crippen LogP contribution in [0.15, 0.2) is 30.3 Å². The number of amides is 1. The number of nitrogens with zero attached hydrogens (tertiary/aromatic N) is 1. The third kappa shape index (κ3) is 5.04. The highest BCUT2D eigenvalue weighted by Gasteiger charge is 2.10. The second kappa shape index (κ2) is 8.67. The molecule has 7 heteroatoms. The van der Waals surface area contributed by atoms with Crippen LogP contribution in [0.1, 0.15) is 16.9 Å². The summed E-state index contributed by atoms with van der Waals surface area (Å²) in [5.41, 5.74) is 2.10. The molecule has 1 aromatic carbocycles. The van der Waals surface area contributed by atoms with Gasteiger partial charge in [0.1, 0.15) is 5.69 Å². The molecule has 0 bridgehead atoms. The van der Waals surface area contributed by atoms with E-state index in [1.165, 1.54) is 0 Å². The molecule has 5 nitrogen and oxygen atoms in total. The second-order valence-electron chi connectivity index (χ2n) is 4.39. The Kier molecular flexibility index (Phi) is 7.22. The first-order valence-electron chi connectivity index (χ1n) is 6.45. The van der Waals surface area contributed by atoms with E-state index in [4.69, 9.17) is 11.6 Å². The summed E-state index contributed by atoms with van der Waals surface area (Å²) in [6.45, 7) is 1.51. The first-order valence-corrected chi connectivity index (χ1v) is 6.82. The van der Waals surface area contributed by atoms with Crippen LogP contribution in [0.2, 0.25) is 5.02 Å². The summed E-state index contributed by atoms with van der Waals surface area (Å²) in [5.74, 6) is -0.145. The minimum atomic E-state index is -0.145. The molecule has 0 aliphatic carbocycles. The quantitative estimate of drug-likeness (QED) is 0.713. The van der Waals surface area contributed by atoms with Gasteiger partial charge in [0, 0.05) is 17.1 Å². The number of carbonyl (C=O) groups is 1. The molecule has 0 aliphatic heterocycles. The van der Waals surface area contributed by atoms with E-state index in [1.807, 2.05) is 19.2 Å². The minimum Gasteiger partial charge on any atom is -0.351 e. The lowest BCUT2D eigenvalue weighted by molar-refractivity contribution is 0.0948. The molecular formula is C14H18Cl2N4O. The maximum absolute atomic E-state index is 11.9. The van der Waals surface area contributed by atoms with Crippen molar-refractivity contribution >= 4 is 29.9 Å². The molecule has 1 amide bonds. The Labute approximate surface area is 134 Å². The highest BCUT2D eigenvalue weighted by atomic mass is 35.5. The molecule has 0 fully saturated rings. The summed E-state index contributed by atoms with van der Waals surface area (Å²) in [7, 11) is 1.88. The van der Waals surface area contributed by atoms with E-state index in [2.05, 4.69) is 20.8 Å². The van der Waals surface area contributed by atoms with Crippen molar-refractivity contribution in [3.05, 3.63) is 41.0 Å². The van der Waals surface area contributed by atoms with Gasteiger partial charge in [0.15, 0.2) is 0 Å².